The van der Waals surface area contributed by atoms with Gasteiger partial charge in [0.15, 0.2) is 23.0 Å². The summed E-state index contributed by atoms with van der Waals surface area (Å²) in [5.41, 5.74) is 2.84. The third-order valence-corrected chi connectivity index (χ3v) is 6.76. The molecule has 8 heteroatoms. The zero-order valence-corrected chi connectivity index (χ0v) is 20.6. The zero-order valence-electron chi connectivity index (χ0n) is 20.6. The van der Waals surface area contributed by atoms with Gasteiger partial charge < -0.3 is 29.2 Å². The molecule has 2 aliphatic rings. The molecule has 0 saturated carbocycles. The molecule has 0 radical (unpaired) electrons. The molecule has 2 heterocycles. The molecule has 0 aromatic heterocycles. The number of nitrogens with zero attached hydrogens (tertiary/aromatic N) is 2. The van der Waals surface area contributed by atoms with E-state index in [1.54, 1.807) is 32.4 Å². The van der Waals surface area contributed by atoms with Gasteiger partial charge in [-0.2, -0.15) is 0 Å². The number of amides is 1. The SMILES string of the molecule is COc1ccc(C(=O)NC[C@@H](c2ccc3c(c2)OCO3)N2CCN(c3ccccc3)CC2)cc1OC. The summed E-state index contributed by atoms with van der Waals surface area (Å²) >= 11 is 0. The van der Waals surface area contributed by atoms with Gasteiger partial charge >= 0.3 is 0 Å². The Kier molecular flexibility index (Phi) is 7.13. The summed E-state index contributed by atoms with van der Waals surface area (Å²) in [6, 6.07) is 21.7. The lowest BCUT2D eigenvalue weighted by Crippen LogP contribution is -2.50. The van der Waals surface area contributed by atoms with Gasteiger partial charge in [-0.15, -0.1) is 0 Å². The molecule has 36 heavy (non-hydrogen) atoms. The largest absolute Gasteiger partial charge is 0.493 e. The van der Waals surface area contributed by atoms with Crippen molar-refractivity contribution >= 4 is 11.6 Å². The standard InChI is InChI=1S/C28H31N3O5/c1-33-24-10-9-21(17-26(24)34-2)28(32)29-18-23(20-8-11-25-27(16-20)36-19-35-25)31-14-12-30(13-15-31)22-6-4-3-5-7-22/h3-11,16-17,23H,12-15,18-19H2,1-2H3,(H,29,32)/t23-/m0/s1. The summed E-state index contributed by atoms with van der Waals surface area (Å²) in [5.74, 6) is 2.44. The highest BCUT2D eigenvalue weighted by atomic mass is 16.7. The normalized spacial score (nSPS) is 15.9. The van der Waals surface area contributed by atoms with Gasteiger partial charge in [-0.3, -0.25) is 9.69 Å². The van der Waals surface area contributed by atoms with Crippen molar-refractivity contribution in [2.75, 3.05) is 58.6 Å². The highest BCUT2D eigenvalue weighted by Gasteiger charge is 2.27. The number of piperazine rings is 1. The second kappa shape index (κ2) is 10.8. The number of rotatable bonds is 8. The van der Waals surface area contributed by atoms with Gasteiger partial charge in [0.25, 0.3) is 5.91 Å². The summed E-state index contributed by atoms with van der Waals surface area (Å²) in [6.07, 6.45) is 0. The first kappa shape index (κ1) is 23.8. The van der Waals surface area contributed by atoms with Crippen LogP contribution in [0.25, 0.3) is 0 Å². The summed E-state index contributed by atoms with van der Waals surface area (Å²) in [5, 5.41) is 3.13. The minimum Gasteiger partial charge on any atom is -0.493 e. The molecule has 0 spiro atoms. The Labute approximate surface area is 211 Å². The molecule has 1 saturated heterocycles. The van der Waals surface area contributed by atoms with Gasteiger partial charge in [-0.05, 0) is 48.0 Å². The molecule has 1 atom stereocenters. The fourth-order valence-electron chi connectivity index (χ4n) is 4.78. The smallest absolute Gasteiger partial charge is 0.251 e. The van der Waals surface area contributed by atoms with Gasteiger partial charge in [0.2, 0.25) is 6.79 Å². The fourth-order valence-corrected chi connectivity index (χ4v) is 4.78. The maximum atomic E-state index is 13.1. The number of carbonyl (C=O) groups excluding carboxylic acids is 1. The van der Waals surface area contributed by atoms with Crippen molar-refractivity contribution in [3.8, 4) is 23.0 Å². The topological polar surface area (TPSA) is 72.5 Å². The Morgan fingerprint density at radius 3 is 2.39 bits per heavy atom. The van der Waals surface area contributed by atoms with Crippen molar-refractivity contribution in [3.05, 3.63) is 77.9 Å². The van der Waals surface area contributed by atoms with Gasteiger partial charge in [0, 0.05) is 44.0 Å². The molecule has 1 N–H and O–H groups in total. The lowest BCUT2D eigenvalue weighted by Gasteiger charge is -2.40. The zero-order chi connectivity index (χ0) is 24.9. The lowest BCUT2D eigenvalue weighted by molar-refractivity contribution is 0.0929. The van der Waals surface area contributed by atoms with Crippen molar-refractivity contribution in [2.45, 2.75) is 6.04 Å². The van der Waals surface area contributed by atoms with Crippen LogP contribution in [-0.2, 0) is 0 Å². The average molecular weight is 490 g/mol. The maximum absolute atomic E-state index is 13.1. The fraction of sp³-hybridized carbons (Fsp3) is 0.321. The van der Waals surface area contributed by atoms with Crippen molar-refractivity contribution in [1.29, 1.82) is 0 Å². The maximum Gasteiger partial charge on any atom is 0.251 e. The molecule has 0 bridgehead atoms. The van der Waals surface area contributed by atoms with E-state index in [-0.39, 0.29) is 18.7 Å². The lowest BCUT2D eigenvalue weighted by atomic mass is 10.0. The van der Waals surface area contributed by atoms with E-state index >= 15 is 0 Å². The van der Waals surface area contributed by atoms with Crippen LogP contribution < -0.4 is 29.2 Å². The highest BCUT2D eigenvalue weighted by Crippen LogP contribution is 2.36. The third-order valence-electron chi connectivity index (χ3n) is 6.76. The Bertz CT molecular complexity index is 1200. The molecule has 0 aliphatic carbocycles. The number of nitrogens with one attached hydrogen (secondary N) is 1. The Balaban J connectivity index is 1.32. The van der Waals surface area contributed by atoms with E-state index in [9.17, 15) is 4.79 Å². The average Bonchev–Trinajstić information content (AvgIpc) is 3.41. The van der Waals surface area contributed by atoms with Gasteiger partial charge in [0.05, 0.1) is 20.3 Å². The van der Waals surface area contributed by atoms with Crippen LogP contribution in [-0.4, -0.2) is 64.5 Å². The van der Waals surface area contributed by atoms with Crippen LogP contribution in [0.2, 0.25) is 0 Å². The third kappa shape index (κ3) is 5.04. The van der Waals surface area contributed by atoms with Crippen LogP contribution in [0.15, 0.2) is 66.7 Å². The molecule has 1 fully saturated rings. The van der Waals surface area contributed by atoms with Crippen LogP contribution in [0.3, 0.4) is 0 Å². The van der Waals surface area contributed by atoms with E-state index in [1.807, 2.05) is 18.2 Å². The Hall–Kier alpha value is -3.91. The Morgan fingerprint density at radius 2 is 1.64 bits per heavy atom. The van der Waals surface area contributed by atoms with Crippen LogP contribution in [0, 0.1) is 0 Å². The van der Waals surface area contributed by atoms with Crippen LogP contribution in [0.1, 0.15) is 22.0 Å². The van der Waals surface area contributed by atoms with E-state index in [0.717, 1.165) is 43.2 Å². The minimum atomic E-state index is -0.162. The predicted molar refractivity (Wildman–Crippen MR) is 137 cm³/mol. The number of methoxy groups -OCH3 is 2. The van der Waals surface area contributed by atoms with Crippen molar-refractivity contribution < 1.29 is 23.7 Å². The molecule has 5 rings (SSSR count). The van der Waals surface area contributed by atoms with Crippen LogP contribution in [0.4, 0.5) is 5.69 Å². The van der Waals surface area contributed by atoms with Crippen LogP contribution >= 0.6 is 0 Å². The molecular weight excluding hydrogens is 458 g/mol. The number of benzene rings is 3. The van der Waals surface area contributed by atoms with E-state index in [0.29, 0.717) is 23.6 Å². The number of ether oxygens (including phenoxy) is 4. The number of carbonyl (C=O) groups is 1. The molecule has 188 valence electrons. The number of hydrogen-bond acceptors (Lipinski definition) is 7. The van der Waals surface area contributed by atoms with Gasteiger partial charge in [-0.25, -0.2) is 0 Å². The van der Waals surface area contributed by atoms with E-state index in [1.165, 1.54) is 5.69 Å². The molecule has 1 amide bonds. The summed E-state index contributed by atoms with van der Waals surface area (Å²) in [7, 11) is 3.13. The number of hydrogen-bond donors (Lipinski definition) is 1. The molecule has 2 aliphatic heterocycles. The van der Waals surface area contributed by atoms with Crippen molar-refractivity contribution in [3.63, 3.8) is 0 Å². The van der Waals surface area contributed by atoms with E-state index < -0.39 is 0 Å². The van der Waals surface area contributed by atoms with Crippen molar-refractivity contribution in [1.82, 2.24) is 10.2 Å². The van der Waals surface area contributed by atoms with E-state index in [2.05, 4.69) is 45.4 Å². The van der Waals surface area contributed by atoms with Gasteiger partial charge in [0.1, 0.15) is 0 Å². The first-order valence-electron chi connectivity index (χ1n) is 12.1. The first-order chi connectivity index (χ1) is 17.7. The summed E-state index contributed by atoms with van der Waals surface area (Å²) in [6.45, 7) is 4.26. The predicted octanol–water partition coefficient (Wildman–Crippen LogP) is 3.73. The van der Waals surface area contributed by atoms with Crippen LogP contribution in [0.5, 0.6) is 23.0 Å². The van der Waals surface area contributed by atoms with E-state index in [4.69, 9.17) is 18.9 Å². The minimum absolute atomic E-state index is 0.0125. The molecule has 0 unspecified atom stereocenters. The summed E-state index contributed by atoms with van der Waals surface area (Å²) in [4.78, 5) is 17.9. The van der Waals surface area contributed by atoms with Crippen molar-refractivity contribution in [2.24, 2.45) is 0 Å². The Morgan fingerprint density at radius 1 is 0.889 bits per heavy atom. The molecule has 3 aromatic carbocycles. The van der Waals surface area contributed by atoms with Gasteiger partial charge in [-0.1, -0.05) is 24.3 Å². The molecular formula is C28H31N3O5. The second-order valence-corrected chi connectivity index (χ2v) is 8.77. The quantitative estimate of drug-likeness (QED) is 0.517. The summed E-state index contributed by atoms with van der Waals surface area (Å²) < 4.78 is 21.8. The number of anilines is 1. The first-order valence-corrected chi connectivity index (χ1v) is 12.1. The molecule has 3 aromatic rings. The number of fused-ring (bicyclic) bond motifs is 1. The highest BCUT2D eigenvalue weighted by molar-refractivity contribution is 5.94. The monoisotopic (exact) mass is 489 g/mol. The molecule has 8 nitrogen and oxygen atoms in total. The number of para-hydroxylation sites is 1. The second-order valence-electron chi connectivity index (χ2n) is 8.77.